The van der Waals surface area contributed by atoms with E-state index in [-0.39, 0.29) is 29.0 Å². The van der Waals surface area contributed by atoms with Crippen LogP contribution in [-0.4, -0.2) is 68.5 Å². The lowest BCUT2D eigenvalue weighted by Crippen LogP contribution is -2.44. The van der Waals surface area contributed by atoms with E-state index in [4.69, 9.17) is 0 Å². The van der Waals surface area contributed by atoms with Gasteiger partial charge in [0.1, 0.15) is 5.69 Å². The Morgan fingerprint density at radius 2 is 1.83 bits per heavy atom. The van der Waals surface area contributed by atoms with Crippen molar-refractivity contribution in [3.63, 3.8) is 0 Å². The lowest BCUT2D eigenvalue weighted by atomic mass is 10.0. The summed E-state index contributed by atoms with van der Waals surface area (Å²) in [7, 11) is 3.56. The number of imidazole rings is 1. The third kappa shape index (κ3) is 6.32. The molecular formula is C29H28F3N7O2. The minimum atomic E-state index is -4.56. The van der Waals surface area contributed by atoms with Crippen LogP contribution in [0, 0.1) is 18.8 Å². The van der Waals surface area contributed by atoms with Gasteiger partial charge in [-0.3, -0.25) is 19.2 Å². The second kappa shape index (κ2) is 11.2. The minimum absolute atomic E-state index is 0.0540. The summed E-state index contributed by atoms with van der Waals surface area (Å²) < 4.78 is 43.2. The van der Waals surface area contributed by atoms with Gasteiger partial charge in [-0.15, -0.1) is 0 Å². The summed E-state index contributed by atoms with van der Waals surface area (Å²) in [6, 6.07) is 8.79. The molecule has 0 aliphatic carbocycles. The van der Waals surface area contributed by atoms with Gasteiger partial charge >= 0.3 is 11.9 Å². The molecule has 9 nitrogen and oxygen atoms in total. The van der Waals surface area contributed by atoms with Gasteiger partial charge < -0.3 is 10.2 Å². The van der Waals surface area contributed by atoms with E-state index < -0.39 is 17.6 Å². The molecule has 0 bridgehead atoms. The van der Waals surface area contributed by atoms with Gasteiger partial charge in [-0.05, 0) is 55.3 Å². The average Bonchev–Trinajstić information content (AvgIpc) is 3.22. The number of aromatic nitrogens is 4. The molecule has 0 unspecified atom stereocenters. The van der Waals surface area contributed by atoms with Crippen LogP contribution in [0.25, 0.3) is 11.3 Å². The van der Waals surface area contributed by atoms with E-state index in [1.807, 2.05) is 18.9 Å². The van der Waals surface area contributed by atoms with Crippen LogP contribution in [0.4, 0.5) is 18.9 Å². The zero-order valence-corrected chi connectivity index (χ0v) is 22.8. The SMILES string of the molecule is Cc1ccc(C(=O)Nc2ccc(CN3CCN(C)CC3)c(C(F)(F)F)c2)cc1C#Cc1cnc2[nH]c(=O)n(C)c2n1. The summed E-state index contributed by atoms with van der Waals surface area (Å²) in [5.74, 6) is 5.31. The second-order valence-corrected chi connectivity index (χ2v) is 10.1. The Morgan fingerprint density at radius 1 is 1.07 bits per heavy atom. The van der Waals surface area contributed by atoms with Gasteiger partial charge in [-0.2, -0.15) is 13.2 Å². The van der Waals surface area contributed by atoms with Crippen molar-refractivity contribution in [1.29, 1.82) is 0 Å². The second-order valence-electron chi connectivity index (χ2n) is 10.1. The minimum Gasteiger partial charge on any atom is -0.322 e. The molecule has 3 heterocycles. The van der Waals surface area contributed by atoms with Gasteiger partial charge in [-0.1, -0.05) is 18.1 Å². The largest absolute Gasteiger partial charge is 0.416 e. The van der Waals surface area contributed by atoms with Crippen LogP contribution in [-0.2, 0) is 19.8 Å². The van der Waals surface area contributed by atoms with Crippen LogP contribution in [0.15, 0.2) is 47.4 Å². The van der Waals surface area contributed by atoms with E-state index in [1.54, 1.807) is 25.2 Å². The van der Waals surface area contributed by atoms with Crippen molar-refractivity contribution in [2.24, 2.45) is 7.05 Å². The van der Waals surface area contributed by atoms with E-state index in [1.165, 1.54) is 22.9 Å². The van der Waals surface area contributed by atoms with E-state index in [2.05, 4.69) is 37.0 Å². The molecule has 0 spiro atoms. The smallest absolute Gasteiger partial charge is 0.322 e. The third-order valence-electron chi connectivity index (χ3n) is 7.09. The van der Waals surface area contributed by atoms with Crippen LogP contribution in [0.2, 0.25) is 0 Å². The van der Waals surface area contributed by atoms with Gasteiger partial charge in [-0.25, -0.2) is 14.8 Å². The van der Waals surface area contributed by atoms with Crippen molar-refractivity contribution < 1.29 is 18.0 Å². The summed E-state index contributed by atoms with van der Waals surface area (Å²) >= 11 is 0. The van der Waals surface area contributed by atoms with Gasteiger partial charge in [0.2, 0.25) is 0 Å². The van der Waals surface area contributed by atoms with Gasteiger partial charge in [0.15, 0.2) is 11.3 Å². The van der Waals surface area contributed by atoms with Crippen molar-refractivity contribution in [3.05, 3.63) is 86.6 Å². The zero-order valence-electron chi connectivity index (χ0n) is 22.8. The number of carbonyl (C=O) groups is 1. The molecule has 2 aromatic heterocycles. The molecular weight excluding hydrogens is 535 g/mol. The number of nitrogens with zero attached hydrogens (tertiary/aromatic N) is 5. The number of aromatic amines is 1. The molecule has 0 atom stereocenters. The maximum absolute atomic E-state index is 14.0. The molecule has 2 aromatic carbocycles. The van der Waals surface area contributed by atoms with Crippen molar-refractivity contribution in [1.82, 2.24) is 29.3 Å². The van der Waals surface area contributed by atoms with E-state index >= 15 is 0 Å². The number of aryl methyl sites for hydroxylation is 2. The Balaban J connectivity index is 1.35. The molecule has 1 saturated heterocycles. The monoisotopic (exact) mass is 563 g/mol. The number of anilines is 1. The molecule has 0 saturated carbocycles. The Labute approximate surface area is 234 Å². The van der Waals surface area contributed by atoms with Crippen LogP contribution >= 0.6 is 0 Å². The first kappa shape index (κ1) is 28.1. The number of fused-ring (bicyclic) bond motifs is 1. The molecule has 1 aliphatic rings. The lowest BCUT2D eigenvalue weighted by molar-refractivity contribution is -0.138. The molecule has 2 N–H and O–H groups in total. The average molecular weight is 564 g/mol. The fourth-order valence-electron chi connectivity index (χ4n) is 4.58. The van der Waals surface area contributed by atoms with Crippen LogP contribution in [0.1, 0.15) is 38.3 Å². The highest BCUT2D eigenvalue weighted by Crippen LogP contribution is 2.34. The van der Waals surface area contributed by atoms with E-state index in [9.17, 15) is 22.8 Å². The standard InChI is InChI=1S/C29H28F3N7O2/c1-18-4-5-20(14-19(18)6-9-23-16-33-25-26(34-23)38(3)28(41)36-25)27(40)35-22-8-7-21(24(15-22)29(30,31)32)17-39-12-10-37(2)11-13-39/h4-5,7-8,14-16H,10-13,17H2,1-3H3,(H,35,40)(H,33,36,41). The molecule has 5 rings (SSSR count). The Hall–Kier alpha value is -4.47. The normalized spacial score (nSPS) is 14.6. The third-order valence-corrected chi connectivity index (χ3v) is 7.09. The highest BCUT2D eigenvalue weighted by atomic mass is 19.4. The van der Waals surface area contributed by atoms with Crippen molar-refractivity contribution in [2.75, 3.05) is 38.5 Å². The van der Waals surface area contributed by atoms with Crippen molar-refractivity contribution >= 4 is 22.9 Å². The fourth-order valence-corrected chi connectivity index (χ4v) is 4.58. The number of halogens is 3. The number of piperazine rings is 1. The first-order chi connectivity index (χ1) is 19.5. The topological polar surface area (TPSA) is 99.2 Å². The lowest BCUT2D eigenvalue weighted by Gasteiger charge is -2.33. The first-order valence-electron chi connectivity index (χ1n) is 12.9. The Bertz CT molecular complexity index is 1740. The van der Waals surface area contributed by atoms with Gasteiger partial charge in [0.25, 0.3) is 5.91 Å². The predicted octanol–water partition coefficient (Wildman–Crippen LogP) is 3.38. The summed E-state index contributed by atoms with van der Waals surface area (Å²) in [5.41, 5.74) is 1.74. The maximum Gasteiger partial charge on any atom is 0.416 e. The number of hydrogen-bond acceptors (Lipinski definition) is 6. The number of benzene rings is 2. The van der Waals surface area contributed by atoms with Crippen LogP contribution in [0.5, 0.6) is 0 Å². The van der Waals surface area contributed by atoms with Crippen LogP contribution in [0.3, 0.4) is 0 Å². The maximum atomic E-state index is 14.0. The number of likely N-dealkylation sites (N-methyl/N-ethyl adjacent to an activating group) is 1. The highest BCUT2D eigenvalue weighted by Gasteiger charge is 2.34. The number of nitrogens with one attached hydrogen (secondary N) is 2. The summed E-state index contributed by atoms with van der Waals surface area (Å²) in [6.45, 7) is 5.00. The summed E-state index contributed by atoms with van der Waals surface area (Å²) in [6.07, 6.45) is -3.13. The molecule has 212 valence electrons. The Kier molecular flexibility index (Phi) is 7.66. The molecule has 41 heavy (non-hydrogen) atoms. The predicted molar refractivity (Wildman–Crippen MR) is 148 cm³/mol. The van der Waals surface area contributed by atoms with Crippen LogP contribution < -0.4 is 11.0 Å². The fraction of sp³-hybridized carbons (Fsp3) is 0.310. The molecule has 12 heteroatoms. The van der Waals surface area contributed by atoms with E-state index in [0.29, 0.717) is 35.6 Å². The Morgan fingerprint density at radius 3 is 2.56 bits per heavy atom. The zero-order chi connectivity index (χ0) is 29.3. The number of H-pyrrole nitrogens is 1. The van der Waals surface area contributed by atoms with Gasteiger partial charge in [0, 0.05) is 56.6 Å². The quantitative estimate of drug-likeness (QED) is 0.370. The molecule has 4 aromatic rings. The number of amides is 1. The number of rotatable bonds is 4. The van der Waals surface area contributed by atoms with Gasteiger partial charge in [0.05, 0.1) is 11.8 Å². The molecule has 1 amide bonds. The van der Waals surface area contributed by atoms with Crippen molar-refractivity contribution in [2.45, 2.75) is 19.6 Å². The number of alkyl halides is 3. The van der Waals surface area contributed by atoms with Crippen molar-refractivity contribution in [3.8, 4) is 11.8 Å². The number of hydrogen-bond donors (Lipinski definition) is 2. The van der Waals surface area contributed by atoms with E-state index in [0.717, 1.165) is 24.7 Å². The first-order valence-corrected chi connectivity index (χ1v) is 12.9. The molecule has 1 aliphatic heterocycles. The number of carbonyl (C=O) groups excluding carboxylic acids is 1. The summed E-state index contributed by atoms with van der Waals surface area (Å²) in [5, 5.41) is 2.59. The highest BCUT2D eigenvalue weighted by molar-refractivity contribution is 6.04. The summed E-state index contributed by atoms with van der Waals surface area (Å²) in [4.78, 5) is 40.0. The molecule has 1 fully saturated rings. The molecule has 0 radical (unpaired) electrons.